The second-order valence-electron chi connectivity index (χ2n) is 7.95. The van der Waals surface area contributed by atoms with E-state index in [2.05, 4.69) is 33.1 Å². The molecule has 1 aliphatic heterocycles. The first-order valence-electron chi connectivity index (χ1n) is 10.5. The molecule has 0 atom stereocenters. The van der Waals surface area contributed by atoms with Gasteiger partial charge in [-0.2, -0.15) is 0 Å². The number of carbonyl (C=O) groups is 1. The number of hydrogen-bond donors (Lipinski definition) is 0. The summed E-state index contributed by atoms with van der Waals surface area (Å²) in [6, 6.07) is 10.3. The Morgan fingerprint density at radius 1 is 1.17 bits per heavy atom. The molecule has 6 heteroatoms. The molecule has 2 fully saturated rings. The first-order chi connectivity index (χ1) is 14.7. The fourth-order valence-electron chi connectivity index (χ4n) is 4.20. The number of benzene rings is 1. The third-order valence-corrected chi connectivity index (χ3v) is 5.99. The lowest BCUT2D eigenvalue weighted by molar-refractivity contribution is 0.0599. The molecule has 5 rings (SSSR count). The molecule has 0 spiro atoms. The number of anilines is 1. The highest BCUT2D eigenvalue weighted by molar-refractivity contribution is 5.95. The zero-order valence-electron chi connectivity index (χ0n) is 17.1. The second-order valence-corrected chi connectivity index (χ2v) is 7.95. The molecule has 2 aromatic heterocycles. The Morgan fingerprint density at radius 3 is 2.77 bits per heavy atom. The summed E-state index contributed by atoms with van der Waals surface area (Å²) in [6.07, 6.45) is 6.69. The first-order valence-corrected chi connectivity index (χ1v) is 10.5. The van der Waals surface area contributed by atoms with Crippen LogP contribution in [-0.2, 0) is 15.9 Å². The van der Waals surface area contributed by atoms with Gasteiger partial charge < -0.3 is 14.4 Å². The van der Waals surface area contributed by atoms with Crippen molar-refractivity contribution in [1.82, 2.24) is 9.97 Å². The van der Waals surface area contributed by atoms with Gasteiger partial charge in [0.05, 0.1) is 31.6 Å². The smallest absolute Gasteiger partial charge is 0.339 e. The second kappa shape index (κ2) is 8.03. The Hall–Kier alpha value is -2.99. The fourth-order valence-corrected chi connectivity index (χ4v) is 4.20. The van der Waals surface area contributed by atoms with E-state index in [0.717, 1.165) is 59.7 Å². The number of methoxy groups -OCH3 is 1. The Bertz CT molecular complexity index is 1090. The number of aromatic nitrogens is 2. The van der Waals surface area contributed by atoms with Crippen LogP contribution in [0, 0.1) is 0 Å². The number of ether oxygens (including phenoxy) is 2. The van der Waals surface area contributed by atoms with E-state index in [0.29, 0.717) is 17.9 Å². The average Bonchev–Trinajstić information content (AvgIpc) is 3.65. The molecule has 3 aromatic rings. The van der Waals surface area contributed by atoms with Gasteiger partial charge in [0.1, 0.15) is 5.82 Å². The van der Waals surface area contributed by atoms with Crippen LogP contribution in [0.4, 0.5) is 5.82 Å². The van der Waals surface area contributed by atoms with E-state index in [4.69, 9.17) is 9.47 Å². The molecule has 1 saturated heterocycles. The summed E-state index contributed by atoms with van der Waals surface area (Å²) in [5.41, 5.74) is 3.59. The first kappa shape index (κ1) is 19.0. The largest absolute Gasteiger partial charge is 0.465 e. The fraction of sp³-hybridized carbons (Fsp3) is 0.375. The van der Waals surface area contributed by atoms with Gasteiger partial charge in [-0.1, -0.05) is 18.2 Å². The van der Waals surface area contributed by atoms with Crippen LogP contribution in [0.15, 0.2) is 42.7 Å². The summed E-state index contributed by atoms with van der Waals surface area (Å²) in [5.74, 6) is 1.20. The molecule has 3 heterocycles. The average molecular weight is 403 g/mol. The number of hydrogen-bond acceptors (Lipinski definition) is 6. The van der Waals surface area contributed by atoms with E-state index in [1.165, 1.54) is 20.0 Å². The van der Waals surface area contributed by atoms with Crippen LogP contribution in [0.2, 0.25) is 0 Å². The molecule has 154 valence electrons. The standard InChI is InChI=1S/C24H25N3O3/c1-29-24(28)21-13-18(16-5-6-16)15-26-22(21)14-17-3-2-4-20-19(17)7-8-25-23(20)27-9-11-30-12-10-27/h2-4,7-8,13,15-16H,5-6,9-12,14H2,1H3. The van der Waals surface area contributed by atoms with Crippen molar-refractivity contribution >= 4 is 22.6 Å². The van der Waals surface area contributed by atoms with Crippen molar-refractivity contribution in [1.29, 1.82) is 0 Å². The van der Waals surface area contributed by atoms with Crippen LogP contribution in [0.3, 0.4) is 0 Å². The molecule has 0 amide bonds. The zero-order valence-corrected chi connectivity index (χ0v) is 17.1. The van der Waals surface area contributed by atoms with E-state index in [1.54, 1.807) is 0 Å². The monoisotopic (exact) mass is 403 g/mol. The quantitative estimate of drug-likeness (QED) is 0.605. The molecule has 6 nitrogen and oxygen atoms in total. The van der Waals surface area contributed by atoms with Crippen LogP contribution in [0.25, 0.3) is 10.8 Å². The number of nitrogens with zero attached hydrogens (tertiary/aromatic N) is 3. The van der Waals surface area contributed by atoms with Gasteiger partial charge in [0, 0.05) is 37.3 Å². The van der Waals surface area contributed by atoms with Crippen molar-refractivity contribution in [2.75, 3.05) is 38.3 Å². The summed E-state index contributed by atoms with van der Waals surface area (Å²) in [7, 11) is 1.42. The van der Waals surface area contributed by atoms with Crippen LogP contribution in [-0.4, -0.2) is 49.4 Å². The molecule has 0 bridgehead atoms. The van der Waals surface area contributed by atoms with Crippen LogP contribution in [0.5, 0.6) is 0 Å². The molecule has 0 unspecified atom stereocenters. The Morgan fingerprint density at radius 2 is 2.00 bits per heavy atom. The number of fused-ring (bicyclic) bond motifs is 1. The zero-order chi connectivity index (χ0) is 20.5. The topological polar surface area (TPSA) is 64.5 Å². The predicted octanol–water partition coefficient (Wildman–Crippen LogP) is 3.72. The van der Waals surface area contributed by atoms with Crippen molar-refractivity contribution in [2.24, 2.45) is 0 Å². The summed E-state index contributed by atoms with van der Waals surface area (Å²) in [6.45, 7) is 3.12. The van der Waals surface area contributed by atoms with Crippen molar-refractivity contribution < 1.29 is 14.3 Å². The van der Waals surface area contributed by atoms with E-state index in [9.17, 15) is 4.79 Å². The van der Waals surface area contributed by atoms with Gasteiger partial charge in [-0.3, -0.25) is 4.98 Å². The summed E-state index contributed by atoms with van der Waals surface area (Å²) in [4.78, 5) is 24.1. The van der Waals surface area contributed by atoms with E-state index in [-0.39, 0.29) is 5.97 Å². The number of rotatable bonds is 5. The molecule has 0 N–H and O–H groups in total. The molecule has 1 saturated carbocycles. The van der Waals surface area contributed by atoms with Gasteiger partial charge >= 0.3 is 5.97 Å². The van der Waals surface area contributed by atoms with Crippen molar-refractivity contribution in [3.63, 3.8) is 0 Å². The van der Waals surface area contributed by atoms with Gasteiger partial charge in [0.25, 0.3) is 0 Å². The summed E-state index contributed by atoms with van der Waals surface area (Å²) >= 11 is 0. The Balaban J connectivity index is 1.53. The van der Waals surface area contributed by atoms with Crippen molar-refractivity contribution in [2.45, 2.75) is 25.2 Å². The van der Waals surface area contributed by atoms with Crippen molar-refractivity contribution in [3.05, 3.63) is 65.1 Å². The van der Waals surface area contributed by atoms with Gasteiger partial charge in [-0.15, -0.1) is 0 Å². The highest BCUT2D eigenvalue weighted by Gasteiger charge is 2.26. The normalized spacial score (nSPS) is 16.6. The highest BCUT2D eigenvalue weighted by Crippen LogP contribution is 2.40. The summed E-state index contributed by atoms with van der Waals surface area (Å²) < 4.78 is 10.5. The van der Waals surface area contributed by atoms with Gasteiger partial charge in [0.2, 0.25) is 0 Å². The Labute approximate surface area is 175 Å². The molecular weight excluding hydrogens is 378 g/mol. The maximum Gasteiger partial charge on any atom is 0.339 e. The lowest BCUT2D eigenvalue weighted by atomic mass is 9.98. The molecule has 1 aromatic carbocycles. The van der Waals surface area contributed by atoms with Gasteiger partial charge in [-0.25, -0.2) is 9.78 Å². The third-order valence-electron chi connectivity index (χ3n) is 5.99. The predicted molar refractivity (Wildman–Crippen MR) is 115 cm³/mol. The minimum atomic E-state index is -0.323. The van der Waals surface area contributed by atoms with Gasteiger partial charge in [-0.05, 0) is 47.4 Å². The number of morpholine rings is 1. The lowest BCUT2D eigenvalue weighted by Gasteiger charge is -2.29. The highest BCUT2D eigenvalue weighted by atomic mass is 16.5. The number of pyridine rings is 2. The third kappa shape index (κ3) is 3.63. The van der Waals surface area contributed by atoms with E-state index >= 15 is 0 Å². The number of carbonyl (C=O) groups excluding carboxylic acids is 1. The van der Waals surface area contributed by atoms with Crippen molar-refractivity contribution in [3.8, 4) is 0 Å². The SMILES string of the molecule is COC(=O)c1cc(C2CC2)cnc1Cc1cccc2c(N3CCOCC3)nccc12. The number of esters is 1. The lowest BCUT2D eigenvalue weighted by Crippen LogP contribution is -2.36. The molecule has 2 aliphatic rings. The van der Waals surface area contributed by atoms with E-state index in [1.807, 2.05) is 24.5 Å². The van der Waals surface area contributed by atoms with E-state index < -0.39 is 0 Å². The van der Waals surface area contributed by atoms with Crippen LogP contribution >= 0.6 is 0 Å². The maximum atomic E-state index is 12.5. The molecular formula is C24H25N3O3. The van der Waals surface area contributed by atoms with Gasteiger partial charge in [0.15, 0.2) is 0 Å². The maximum absolute atomic E-state index is 12.5. The Kier molecular flexibility index (Phi) is 5.09. The van der Waals surface area contributed by atoms with Crippen LogP contribution < -0.4 is 4.90 Å². The molecule has 30 heavy (non-hydrogen) atoms. The van der Waals surface area contributed by atoms with Crippen LogP contribution in [0.1, 0.15) is 45.9 Å². The molecule has 1 aliphatic carbocycles. The minimum Gasteiger partial charge on any atom is -0.465 e. The minimum absolute atomic E-state index is 0.323. The summed E-state index contributed by atoms with van der Waals surface area (Å²) in [5, 5.41) is 2.25. The molecule has 0 radical (unpaired) electrons.